The largest absolute Gasteiger partial charge is 0.496 e. The van der Waals surface area contributed by atoms with Gasteiger partial charge in [0.1, 0.15) is 17.4 Å². The van der Waals surface area contributed by atoms with Crippen LogP contribution in [0.2, 0.25) is 0 Å². The zero-order chi connectivity index (χ0) is 26.1. The lowest BCUT2D eigenvalue weighted by atomic mass is 9.93. The summed E-state index contributed by atoms with van der Waals surface area (Å²) in [6.45, 7) is 5.16. The molecular weight excluding hydrogens is 502 g/mol. The average molecular weight is 538 g/mol. The van der Waals surface area contributed by atoms with Crippen LogP contribution in [0.25, 0.3) is 5.03 Å². The summed E-state index contributed by atoms with van der Waals surface area (Å²) in [6.07, 6.45) is 8.81. The molecule has 1 aromatic heterocycles. The summed E-state index contributed by atoms with van der Waals surface area (Å²) in [5, 5.41) is 4.31. The number of hydrogen-bond donors (Lipinski definition) is 1. The zero-order valence-corrected chi connectivity index (χ0v) is 22.8. The van der Waals surface area contributed by atoms with Crippen LogP contribution in [0, 0.1) is 0 Å². The predicted molar refractivity (Wildman–Crippen MR) is 148 cm³/mol. The van der Waals surface area contributed by atoms with E-state index in [1.54, 1.807) is 7.11 Å². The van der Waals surface area contributed by atoms with Crippen molar-refractivity contribution in [2.45, 2.75) is 57.0 Å². The number of hydrogen-bond acceptors (Lipinski definition) is 7. The first-order valence-corrected chi connectivity index (χ1v) is 14.3. The lowest BCUT2D eigenvalue weighted by molar-refractivity contribution is 0.00158. The highest BCUT2D eigenvalue weighted by atomic mass is 35.5. The molecule has 4 aliphatic rings. The van der Waals surface area contributed by atoms with Crippen LogP contribution >= 0.6 is 11.6 Å². The van der Waals surface area contributed by atoms with Crippen molar-refractivity contribution >= 4 is 28.4 Å². The standard InChI is InChI=1S/C29H36ClN5O3/c1-37-25-17-20(29(36)35-11-9-22(10-12-35)34-13-15-38-16-14-34)6-5-19(25)18-26-32-24-8-7-23(30)27(24)28(33-26)31-21-3-2-4-21/h5-7,17,21-22H,2-4,8-16,18H2,1H3,(H,31,32,33). The number of carbonyl (C=O) groups is 1. The zero-order valence-electron chi connectivity index (χ0n) is 22.0. The Hall–Kier alpha value is -2.68. The third-order valence-corrected chi connectivity index (χ3v) is 8.73. The van der Waals surface area contributed by atoms with Crippen LogP contribution in [-0.4, -0.2) is 84.3 Å². The van der Waals surface area contributed by atoms with Gasteiger partial charge in [-0.05, 0) is 44.2 Å². The summed E-state index contributed by atoms with van der Waals surface area (Å²) in [4.78, 5) is 27.5. The number of amides is 1. The fraction of sp³-hybridized carbons (Fsp3) is 0.552. The Balaban J connectivity index is 1.15. The number of benzene rings is 1. The second kappa shape index (κ2) is 11.2. The van der Waals surface area contributed by atoms with Gasteiger partial charge in [0.25, 0.3) is 5.91 Å². The highest BCUT2D eigenvalue weighted by molar-refractivity contribution is 6.49. The van der Waals surface area contributed by atoms with Crippen molar-refractivity contribution in [3.8, 4) is 5.75 Å². The molecule has 0 unspecified atom stereocenters. The molecule has 1 saturated carbocycles. The van der Waals surface area contributed by atoms with Crippen molar-refractivity contribution in [1.29, 1.82) is 0 Å². The van der Waals surface area contributed by atoms with Crippen LogP contribution in [0.5, 0.6) is 5.75 Å². The van der Waals surface area contributed by atoms with E-state index in [2.05, 4.69) is 10.2 Å². The molecule has 3 fully saturated rings. The van der Waals surface area contributed by atoms with Gasteiger partial charge in [0.2, 0.25) is 0 Å². The fourth-order valence-corrected chi connectivity index (χ4v) is 6.20. The van der Waals surface area contributed by atoms with Gasteiger partial charge in [-0.2, -0.15) is 0 Å². The molecule has 202 valence electrons. The minimum Gasteiger partial charge on any atom is -0.496 e. The molecule has 2 saturated heterocycles. The van der Waals surface area contributed by atoms with Crippen molar-refractivity contribution < 1.29 is 14.3 Å². The molecule has 3 heterocycles. The number of ether oxygens (including phenoxy) is 2. The van der Waals surface area contributed by atoms with E-state index in [4.69, 9.17) is 31.0 Å². The van der Waals surface area contributed by atoms with E-state index >= 15 is 0 Å². The van der Waals surface area contributed by atoms with Crippen LogP contribution < -0.4 is 10.1 Å². The summed E-state index contributed by atoms with van der Waals surface area (Å²) in [5.74, 6) is 2.32. The van der Waals surface area contributed by atoms with Crippen molar-refractivity contribution in [2.75, 3.05) is 51.8 Å². The number of anilines is 1. The number of allylic oxidation sites excluding steroid dienone is 1. The van der Waals surface area contributed by atoms with E-state index < -0.39 is 0 Å². The molecule has 1 amide bonds. The number of aromatic nitrogens is 2. The Morgan fingerprint density at radius 3 is 2.63 bits per heavy atom. The number of nitrogens with one attached hydrogen (secondary N) is 1. The average Bonchev–Trinajstić information content (AvgIpc) is 3.31. The predicted octanol–water partition coefficient (Wildman–Crippen LogP) is 4.11. The number of methoxy groups -OCH3 is 1. The van der Waals surface area contributed by atoms with Crippen molar-refractivity contribution in [3.05, 3.63) is 52.5 Å². The van der Waals surface area contributed by atoms with Gasteiger partial charge in [-0.25, -0.2) is 9.97 Å². The van der Waals surface area contributed by atoms with Gasteiger partial charge in [0, 0.05) is 67.3 Å². The number of nitrogens with zero attached hydrogens (tertiary/aromatic N) is 4. The highest BCUT2D eigenvalue weighted by Gasteiger charge is 2.29. The molecule has 1 aromatic carbocycles. The second-order valence-electron chi connectivity index (χ2n) is 10.7. The normalized spacial score (nSPS) is 20.6. The quantitative estimate of drug-likeness (QED) is 0.569. The third kappa shape index (κ3) is 5.26. The maximum Gasteiger partial charge on any atom is 0.253 e. The van der Waals surface area contributed by atoms with Gasteiger partial charge < -0.3 is 19.7 Å². The fourth-order valence-electron chi connectivity index (χ4n) is 5.93. The molecule has 1 N–H and O–H groups in total. The topological polar surface area (TPSA) is 79.8 Å². The molecule has 2 aliphatic carbocycles. The van der Waals surface area contributed by atoms with Crippen LogP contribution in [0.3, 0.4) is 0 Å². The van der Waals surface area contributed by atoms with Gasteiger partial charge in [0.05, 0.1) is 31.6 Å². The number of rotatable bonds is 7. The van der Waals surface area contributed by atoms with Crippen molar-refractivity contribution in [2.24, 2.45) is 0 Å². The smallest absolute Gasteiger partial charge is 0.253 e. The molecule has 0 spiro atoms. The Kier molecular flexibility index (Phi) is 7.54. The first-order valence-electron chi connectivity index (χ1n) is 13.9. The number of likely N-dealkylation sites (tertiary alicyclic amines) is 1. The summed E-state index contributed by atoms with van der Waals surface area (Å²) < 4.78 is 11.2. The Morgan fingerprint density at radius 1 is 1.13 bits per heavy atom. The minimum atomic E-state index is 0.0664. The third-order valence-electron chi connectivity index (χ3n) is 8.39. The SMILES string of the molecule is COc1cc(C(=O)N2CCC(N3CCOCC3)CC2)ccc1Cc1nc2c(c(NC3CCC3)n1)C(Cl)=CC2. The van der Waals surface area contributed by atoms with Gasteiger partial charge in [0.15, 0.2) is 0 Å². The van der Waals surface area contributed by atoms with E-state index in [1.165, 1.54) is 6.42 Å². The first-order chi connectivity index (χ1) is 18.6. The van der Waals surface area contributed by atoms with Crippen LogP contribution in [0.1, 0.15) is 65.1 Å². The molecule has 6 rings (SSSR count). The van der Waals surface area contributed by atoms with E-state index in [0.29, 0.717) is 29.8 Å². The van der Waals surface area contributed by atoms with Crippen LogP contribution in [-0.2, 0) is 17.6 Å². The highest BCUT2D eigenvalue weighted by Crippen LogP contribution is 2.36. The number of halogens is 1. The lowest BCUT2D eigenvalue weighted by Gasteiger charge is -2.40. The van der Waals surface area contributed by atoms with Gasteiger partial charge >= 0.3 is 0 Å². The molecule has 8 nitrogen and oxygen atoms in total. The molecule has 0 radical (unpaired) electrons. The second-order valence-corrected chi connectivity index (χ2v) is 11.1. The first kappa shape index (κ1) is 25.6. The number of piperidine rings is 1. The summed E-state index contributed by atoms with van der Waals surface area (Å²) in [7, 11) is 1.65. The van der Waals surface area contributed by atoms with Crippen LogP contribution in [0.4, 0.5) is 5.82 Å². The Bertz CT molecular complexity index is 1220. The van der Waals surface area contributed by atoms with Gasteiger partial charge in [-0.1, -0.05) is 23.7 Å². The maximum absolute atomic E-state index is 13.3. The Labute approximate surface area is 229 Å². The number of fused-ring (bicyclic) bond motifs is 1. The van der Waals surface area contributed by atoms with Crippen molar-refractivity contribution in [1.82, 2.24) is 19.8 Å². The lowest BCUT2D eigenvalue weighted by Crippen LogP contribution is -2.50. The molecule has 2 aromatic rings. The molecular formula is C29H36ClN5O3. The summed E-state index contributed by atoms with van der Waals surface area (Å²) in [5.41, 5.74) is 3.52. The molecule has 0 atom stereocenters. The molecule has 9 heteroatoms. The van der Waals surface area contributed by atoms with Gasteiger partial charge in [-0.3, -0.25) is 9.69 Å². The Morgan fingerprint density at radius 2 is 1.92 bits per heavy atom. The monoisotopic (exact) mass is 537 g/mol. The summed E-state index contributed by atoms with van der Waals surface area (Å²) in [6, 6.07) is 6.75. The maximum atomic E-state index is 13.3. The number of carbonyl (C=O) groups excluding carboxylic acids is 1. The minimum absolute atomic E-state index is 0.0664. The molecule has 38 heavy (non-hydrogen) atoms. The number of morpholine rings is 1. The molecule has 0 bridgehead atoms. The van der Waals surface area contributed by atoms with E-state index in [9.17, 15) is 4.79 Å². The van der Waals surface area contributed by atoms with E-state index in [1.807, 2.05) is 29.2 Å². The summed E-state index contributed by atoms with van der Waals surface area (Å²) >= 11 is 6.49. The van der Waals surface area contributed by atoms with E-state index in [-0.39, 0.29) is 5.91 Å². The van der Waals surface area contributed by atoms with E-state index in [0.717, 1.165) is 105 Å². The molecule has 2 aliphatic heterocycles. The van der Waals surface area contributed by atoms with Gasteiger partial charge in [-0.15, -0.1) is 0 Å². The van der Waals surface area contributed by atoms with Crippen molar-refractivity contribution in [3.63, 3.8) is 0 Å². The van der Waals surface area contributed by atoms with Crippen LogP contribution in [0.15, 0.2) is 24.3 Å².